The van der Waals surface area contributed by atoms with Gasteiger partial charge in [-0.2, -0.15) is 13.2 Å². The van der Waals surface area contributed by atoms with Crippen molar-refractivity contribution in [3.63, 3.8) is 0 Å². The van der Waals surface area contributed by atoms with E-state index in [2.05, 4.69) is 34.4 Å². The Kier molecular flexibility index (Phi) is 8.07. The lowest BCUT2D eigenvalue weighted by Gasteiger charge is -2.31. The highest BCUT2D eigenvalue weighted by Crippen LogP contribution is 2.27. The quantitative estimate of drug-likeness (QED) is 0.642. The van der Waals surface area contributed by atoms with Gasteiger partial charge in [-0.1, -0.05) is 32.0 Å². The van der Waals surface area contributed by atoms with Crippen molar-refractivity contribution in [2.24, 2.45) is 11.8 Å². The van der Waals surface area contributed by atoms with Crippen LogP contribution in [0.15, 0.2) is 42.5 Å². The predicted molar refractivity (Wildman–Crippen MR) is 119 cm³/mol. The number of piperidine rings is 1. The maximum atomic E-state index is 12.9. The Morgan fingerprint density at radius 2 is 1.82 bits per heavy atom. The number of likely N-dealkylation sites (tertiary alicyclic amines) is 1. The summed E-state index contributed by atoms with van der Waals surface area (Å²) in [5.74, 6) is -0.125. The SMILES string of the molecule is CC(C)CNC(=O)C1CCN(Cc2cccc(NC(=O)c3cccc(C(F)(F)F)n3)c2)CC1. The standard InChI is InChI=1S/C24H29F3N4O2/c1-16(2)14-28-22(32)18-9-11-31(12-10-18)15-17-5-3-6-19(13-17)29-23(33)20-7-4-8-21(30-20)24(25,26)27/h3-8,13,16,18H,9-12,14-15H2,1-2H3,(H,28,32)(H,29,33). The van der Waals surface area contributed by atoms with E-state index in [-0.39, 0.29) is 17.5 Å². The second kappa shape index (κ2) is 10.8. The molecule has 0 aliphatic carbocycles. The minimum absolute atomic E-state index is 0.0329. The van der Waals surface area contributed by atoms with Crippen molar-refractivity contribution in [3.8, 4) is 0 Å². The highest BCUT2D eigenvalue weighted by molar-refractivity contribution is 6.02. The van der Waals surface area contributed by atoms with Gasteiger partial charge in [-0.25, -0.2) is 4.98 Å². The van der Waals surface area contributed by atoms with E-state index in [1.165, 1.54) is 6.07 Å². The Hall–Kier alpha value is -2.94. The number of pyridine rings is 1. The molecule has 2 amide bonds. The molecule has 0 saturated carbocycles. The number of hydrogen-bond donors (Lipinski definition) is 2. The normalized spacial score (nSPS) is 15.5. The number of rotatable bonds is 7. The first-order chi connectivity index (χ1) is 15.6. The first-order valence-corrected chi connectivity index (χ1v) is 11.1. The Labute approximate surface area is 191 Å². The van der Waals surface area contributed by atoms with Crippen molar-refractivity contribution >= 4 is 17.5 Å². The summed E-state index contributed by atoms with van der Waals surface area (Å²) in [5.41, 5.74) is 0.0467. The molecule has 33 heavy (non-hydrogen) atoms. The molecule has 1 aromatic heterocycles. The molecular weight excluding hydrogens is 433 g/mol. The second-order valence-electron chi connectivity index (χ2n) is 8.75. The van der Waals surface area contributed by atoms with Gasteiger partial charge < -0.3 is 10.6 Å². The van der Waals surface area contributed by atoms with Crippen LogP contribution in [0.25, 0.3) is 0 Å². The third-order valence-corrected chi connectivity index (χ3v) is 5.51. The predicted octanol–water partition coefficient (Wildman–Crippen LogP) is 4.34. The van der Waals surface area contributed by atoms with Crippen LogP contribution in [-0.2, 0) is 17.5 Å². The summed E-state index contributed by atoms with van der Waals surface area (Å²) >= 11 is 0. The number of carbonyl (C=O) groups excluding carboxylic acids is 2. The summed E-state index contributed by atoms with van der Waals surface area (Å²) in [6, 6.07) is 10.4. The summed E-state index contributed by atoms with van der Waals surface area (Å²) in [4.78, 5) is 30.3. The fourth-order valence-corrected chi connectivity index (χ4v) is 3.72. The van der Waals surface area contributed by atoms with E-state index in [1.54, 1.807) is 18.2 Å². The molecule has 0 unspecified atom stereocenters. The monoisotopic (exact) mass is 462 g/mol. The molecule has 3 rings (SSSR count). The number of nitrogens with zero attached hydrogens (tertiary/aromatic N) is 2. The van der Waals surface area contributed by atoms with Crippen LogP contribution >= 0.6 is 0 Å². The molecule has 1 aliphatic heterocycles. The van der Waals surface area contributed by atoms with Crippen molar-refractivity contribution in [2.45, 2.75) is 39.4 Å². The van der Waals surface area contributed by atoms with Crippen LogP contribution < -0.4 is 10.6 Å². The van der Waals surface area contributed by atoms with E-state index in [9.17, 15) is 22.8 Å². The zero-order valence-corrected chi connectivity index (χ0v) is 18.8. The molecule has 2 heterocycles. The van der Waals surface area contributed by atoms with Gasteiger partial charge in [0.25, 0.3) is 5.91 Å². The highest BCUT2D eigenvalue weighted by Gasteiger charge is 2.33. The van der Waals surface area contributed by atoms with Gasteiger partial charge in [0, 0.05) is 24.7 Å². The molecule has 1 aliphatic rings. The van der Waals surface area contributed by atoms with Gasteiger partial charge in [0.05, 0.1) is 0 Å². The summed E-state index contributed by atoms with van der Waals surface area (Å²) in [7, 11) is 0. The average Bonchev–Trinajstić information content (AvgIpc) is 2.77. The lowest BCUT2D eigenvalue weighted by molar-refractivity contribution is -0.141. The number of alkyl halides is 3. The van der Waals surface area contributed by atoms with Crippen molar-refractivity contribution < 1.29 is 22.8 Å². The number of halogens is 3. The molecule has 0 atom stereocenters. The Balaban J connectivity index is 1.54. The Morgan fingerprint density at radius 1 is 1.12 bits per heavy atom. The number of hydrogen-bond acceptors (Lipinski definition) is 4. The maximum absolute atomic E-state index is 12.9. The molecule has 9 heteroatoms. The van der Waals surface area contributed by atoms with Gasteiger partial charge in [-0.15, -0.1) is 0 Å². The van der Waals surface area contributed by atoms with E-state index < -0.39 is 17.8 Å². The van der Waals surface area contributed by atoms with Crippen LogP contribution in [0, 0.1) is 11.8 Å². The Bertz CT molecular complexity index is 970. The molecule has 0 radical (unpaired) electrons. The number of carbonyl (C=O) groups is 2. The minimum Gasteiger partial charge on any atom is -0.356 e. The van der Waals surface area contributed by atoms with Crippen molar-refractivity contribution in [1.29, 1.82) is 0 Å². The smallest absolute Gasteiger partial charge is 0.356 e. The number of benzene rings is 1. The van der Waals surface area contributed by atoms with Crippen LogP contribution in [0.4, 0.5) is 18.9 Å². The van der Waals surface area contributed by atoms with Crippen LogP contribution in [0.3, 0.4) is 0 Å². The van der Waals surface area contributed by atoms with E-state index in [0.717, 1.165) is 43.6 Å². The summed E-state index contributed by atoms with van der Waals surface area (Å²) in [5, 5.41) is 5.62. The van der Waals surface area contributed by atoms with Gasteiger partial charge in [-0.05, 0) is 61.7 Å². The molecule has 0 bridgehead atoms. The van der Waals surface area contributed by atoms with Gasteiger partial charge >= 0.3 is 6.18 Å². The van der Waals surface area contributed by atoms with Crippen LogP contribution in [-0.4, -0.2) is 41.3 Å². The van der Waals surface area contributed by atoms with Crippen molar-refractivity contribution in [3.05, 3.63) is 59.4 Å². The summed E-state index contributed by atoms with van der Waals surface area (Å²) in [6.07, 6.45) is -3.03. The topological polar surface area (TPSA) is 74.3 Å². The molecule has 0 spiro atoms. The van der Waals surface area contributed by atoms with Crippen LogP contribution in [0.1, 0.15) is 48.4 Å². The van der Waals surface area contributed by atoms with Gasteiger partial charge in [0.1, 0.15) is 11.4 Å². The first-order valence-electron chi connectivity index (χ1n) is 11.1. The molecule has 1 aromatic carbocycles. The molecule has 178 valence electrons. The first kappa shape index (κ1) is 24.7. The zero-order chi connectivity index (χ0) is 24.0. The third kappa shape index (κ3) is 7.28. The van der Waals surface area contributed by atoms with Gasteiger partial charge in [0.2, 0.25) is 5.91 Å². The number of anilines is 1. The largest absolute Gasteiger partial charge is 0.433 e. The fraction of sp³-hybridized carbons (Fsp3) is 0.458. The number of amides is 2. The van der Waals surface area contributed by atoms with E-state index in [0.29, 0.717) is 24.7 Å². The molecular formula is C24H29F3N4O2. The van der Waals surface area contributed by atoms with E-state index >= 15 is 0 Å². The van der Waals surface area contributed by atoms with Gasteiger partial charge in [-0.3, -0.25) is 14.5 Å². The molecule has 2 aromatic rings. The molecule has 6 nitrogen and oxygen atoms in total. The van der Waals surface area contributed by atoms with Crippen molar-refractivity contribution in [1.82, 2.24) is 15.2 Å². The number of nitrogens with one attached hydrogen (secondary N) is 2. The Morgan fingerprint density at radius 3 is 2.48 bits per heavy atom. The third-order valence-electron chi connectivity index (χ3n) is 5.51. The molecule has 1 fully saturated rings. The summed E-state index contributed by atoms with van der Waals surface area (Å²) < 4.78 is 38.6. The highest BCUT2D eigenvalue weighted by atomic mass is 19.4. The average molecular weight is 463 g/mol. The lowest BCUT2D eigenvalue weighted by atomic mass is 9.95. The second-order valence-corrected chi connectivity index (χ2v) is 8.75. The zero-order valence-electron chi connectivity index (χ0n) is 18.8. The van der Waals surface area contributed by atoms with E-state index in [4.69, 9.17) is 0 Å². The summed E-state index contributed by atoms with van der Waals surface area (Å²) in [6.45, 7) is 7.07. The van der Waals surface area contributed by atoms with Crippen LogP contribution in [0.5, 0.6) is 0 Å². The van der Waals surface area contributed by atoms with Gasteiger partial charge in [0.15, 0.2) is 0 Å². The maximum Gasteiger partial charge on any atom is 0.433 e. The lowest BCUT2D eigenvalue weighted by Crippen LogP contribution is -2.41. The molecule has 1 saturated heterocycles. The number of aromatic nitrogens is 1. The fourth-order valence-electron chi connectivity index (χ4n) is 3.72. The minimum atomic E-state index is -4.61. The van der Waals surface area contributed by atoms with Crippen LogP contribution in [0.2, 0.25) is 0 Å². The molecule has 2 N–H and O–H groups in total. The van der Waals surface area contributed by atoms with Crippen molar-refractivity contribution in [2.75, 3.05) is 25.0 Å². The van der Waals surface area contributed by atoms with E-state index in [1.807, 2.05) is 6.07 Å².